The number of hydrogen-bond donors (Lipinski definition) is 2. The van der Waals surface area contributed by atoms with E-state index in [-0.39, 0.29) is 26.2 Å². The third kappa shape index (κ3) is 3.26. The van der Waals surface area contributed by atoms with Crippen LogP contribution in [0.4, 0.5) is 0 Å². The maximum atomic E-state index is 12.4. The lowest BCUT2D eigenvalue weighted by Crippen LogP contribution is -2.23. The topological polar surface area (TPSA) is 91.9 Å². The molecule has 6 nitrogen and oxygen atoms in total. The molecular weight excluding hydrogens is 440 g/mol. The molecule has 3 rings (SSSR count). The average molecular weight is 455 g/mol. The number of nitrogens with zero attached hydrogens (tertiary/aromatic N) is 2. The first-order chi connectivity index (χ1) is 12.2. The van der Waals surface area contributed by atoms with Crippen molar-refractivity contribution in [3.8, 4) is 5.88 Å². The minimum Gasteiger partial charge on any atom is -0.493 e. The minimum absolute atomic E-state index is 0.0909. The normalized spacial score (nSPS) is 14.5. The van der Waals surface area contributed by atoms with Crippen LogP contribution in [0.1, 0.15) is 31.2 Å². The van der Waals surface area contributed by atoms with E-state index in [9.17, 15) is 19.8 Å². The second-order valence-corrected chi connectivity index (χ2v) is 8.89. The average Bonchev–Trinajstić information content (AvgIpc) is 3.00. The lowest BCUT2D eigenvalue weighted by Gasteiger charge is -2.17. The molecule has 1 atom stereocenters. The Balaban J connectivity index is 2.26. The van der Waals surface area contributed by atoms with E-state index in [0.717, 1.165) is 15.8 Å². The monoisotopic (exact) mass is 454 g/mol. The van der Waals surface area contributed by atoms with E-state index in [1.807, 2.05) is 13.8 Å². The van der Waals surface area contributed by atoms with Gasteiger partial charge in [0, 0.05) is 9.69 Å². The van der Waals surface area contributed by atoms with Crippen molar-refractivity contribution >= 4 is 56.9 Å². The fraction of sp³-hybridized carbons (Fsp3) is 0.294. The van der Waals surface area contributed by atoms with Crippen LogP contribution in [0.5, 0.6) is 5.88 Å². The van der Waals surface area contributed by atoms with Gasteiger partial charge < -0.3 is 10.2 Å². The van der Waals surface area contributed by atoms with Gasteiger partial charge in [0.2, 0.25) is 5.88 Å². The lowest BCUT2D eigenvalue weighted by molar-refractivity contribution is -0.141. The Morgan fingerprint density at radius 1 is 1.42 bits per heavy atom. The first kappa shape index (κ1) is 18.9. The number of carboxylic acids is 1. The zero-order chi connectivity index (χ0) is 19.2. The number of carbonyl (C=O) groups is 2. The largest absolute Gasteiger partial charge is 0.493 e. The van der Waals surface area contributed by atoms with Crippen molar-refractivity contribution in [1.82, 2.24) is 4.57 Å². The van der Waals surface area contributed by atoms with Crippen molar-refractivity contribution in [2.75, 3.05) is 0 Å². The highest BCUT2D eigenvalue weighted by molar-refractivity contribution is 9.10. The highest BCUT2D eigenvalue weighted by atomic mass is 79.9. The first-order valence-electron chi connectivity index (χ1n) is 7.81. The maximum Gasteiger partial charge on any atom is 0.326 e. The van der Waals surface area contributed by atoms with Gasteiger partial charge >= 0.3 is 5.97 Å². The molecule has 9 heteroatoms. The zero-order valence-electron chi connectivity index (χ0n) is 13.9. The molecule has 26 heavy (non-hydrogen) atoms. The number of rotatable bonds is 5. The Morgan fingerprint density at radius 3 is 2.73 bits per heavy atom. The second-order valence-electron chi connectivity index (χ2n) is 6.33. The summed E-state index contributed by atoms with van der Waals surface area (Å²) in [6, 6.07) is 4.22. The predicted octanol–water partition coefficient (Wildman–Crippen LogP) is 2.78. The molecule has 0 spiro atoms. The molecule has 0 bridgehead atoms. The Labute approximate surface area is 166 Å². The number of halogens is 1. The van der Waals surface area contributed by atoms with Crippen LogP contribution in [0.25, 0.3) is 5.57 Å². The highest BCUT2D eigenvalue weighted by Gasteiger charge is 2.30. The third-order valence-electron chi connectivity index (χ3n) is 4.00. The maximum absolute atomic E-state index is 12.4. The molecule has 1 aliphatic heterocycles. The molecule has 0 aliphatic carbocycles. The van der Waals surface area contributed by atoms with Crippen molar-refractivity contribution < 1.29 is 19.8 Å². The number of benzene rings is 1. The molecule has 0 unspecified atom stereocenters. The Bertz CT molecular complexity index is 1100. The first-order valence-corrected chi connectivity index (χ1v) is 9.83. The van der Waals surface area contributed by atoms with Gasteiger partial charge in [0.05, 0.1) is 10.9 Å². The number of aromatic hydroxyl groups is 1. The fourth-order valence-corrected chi connectivity index (χ4v) is 4.69. The number of fused-ring (bicyclic) bond motifs is 1. The molecule has 2 heterocycles. The Morgan fingerprint density at radius 2 is 2.12 bits per heavy atom. The number of thiazole rings is 1. The standard InChI is InChI=1S/C17H15BrN2O4S2/c1-7(2)5-11(16(23)24)20-15(22)13(26-17(20)25)12-9-6-8(18)3-4-10(9)19-14(12)21/h3-4,6-7,11,22H,5H2,1-2H3,(H,23,24)/t11-/m1/s1. The Kier molecular flexibility index (Phi) is 5.14. The molecular formula is C17H15BrN2O4S2. The summed E-state index contributed by atoms with van der Waals surface area (Å²) in [5, 5.41) is 21.4. The zero-order valence-corrected chi connectivity index (χ0v) is 17.1. The number of hydrogen-bond acceptors (Lipinski definition) is 5. The van der Waals surface area contributed by atoms with Crippen LogP contribution in [0, 0.1) is 9.87 Å². The van der Waals surface area contributed by atoms with Crippen LogP contribution in [-0.4, -0.2) is 26.7 Å². The van der Waals surface area contributed by atoms with Crippen LogP contribution in [0.2, 0.25) is 0 Å². The predicted molar refractivity (Wildman–Crippen MR) is 103 cm³/mol. The minimum atomic E-state index is -1.08. The number of aliphatic carboxylic acids is 1. The van der Waals surface area contributed by atoms with Crippen molar-refractivity contribution in [3.63, 3.8) is 0 Å². The van der Waals surface area contributed by atoms with Crippen LogP contribution < -0.4 is 10.6 Å². The molecule has 1 aromatic carbocycles. The number of amides is 1. The van der Waals surface area contributed by atoms with Gasteiger partial charge in [-0.15, -0.1) is 11.3 Å². The van der Waals surface area contributed by atoms with E-state index in [2.05, 4.69) is 20.9 Å². The second kappa shape index (κ2) is 7.05. The summed E-state index contributed by atoms with van der Waals surface area (Å²) in [4.78, 5) is 28.4. The van der Waals surface area contributed by atoms with Gasteiger partial charge in [-0.3, -0.25) is 9.36 Å². The van der Waals surface area contributed by atoms with Gasteiger partial charge in [0.25, 0.3) is 5.91 Å². The SMILES string of the molecule is CC(C)C[C@H](C(=O)O)n1c(O)c(C2=c3cc(Br)ccc3=NC2=O)sc1=S. The van der Waals surface area contributed by atoms with E-state index in [1.54, 1.807) is 18.2 Å². The van der Waals surface area contributed by atoms with E-state index < -0.39 is 17.9 Å². The van der Waals surface area contributed by atoms with Crippen molar-refractivity contribution in [2.24, 2.45) is 10.9 Å². The summed E-state index contributed by atoms with van der Waals surface area (Å²) < 4.78 is 2.19. The number of carboxylic acid groups (broad SMARTS) is 1. The fourth-order valence-electron chi connectivity index (χ4n) is 2.88. The van der Waals surface area contributed by atoms with Gasteiger partial charge in [-0.2, -0.15) is 0 Å². The summed E-state index contributed by atoms with van der Waals surface area (Å²) >= 11 is 9.68. The number of aromatic nitrogens is 1. The smallest absolute Gasteiger partial charge is 0.326 e. The van der Waals surface area contributed by atoms with E-state index >= 15 is 0 Å². The molecule has 1 amide bonds. The van der Waals surface area contributed by atoms with Crippen LogP contribution in [-0.2, 0) is 9.59 Å². The summed E-state index contributed by atoms with van der Waals surface area (Å²) in [7, 11) is 0. The molecule has 2 aromatic rings. The van der Waals surface area contributed by atoms with Gasteiger partial charge in [0.15, 0.2) is 3.95 Å². The van der Waals surface area contributed by atoms with E-state index in [4.69, 9.17) is 12.2 Å². The summed E-state index contributed by atoms with van der Waals surface area (Å²) in [5.74, 6) is -1.77. The molecule has 0 saturated carbocycles. The van der Waals surface area contributed by atoms with Gasteiger partial charge in [0.1, 0.15) is 10.9 Å². The molecule has 0 fully saturated rings. The van der Waals surface area contributed by atoms with Crippen molar-refractivity contribution in [1.29, 1.82) is 0 Å². The van der Waals surface area contributed by atoms with Gasteiger partial charge in [-0.05, 0) is 42.8 Å². The van der Waals surface area contributed by atoms with Crippen LogP contribution in [0.15, 0.2) is 27.7 Å². The van der Waals surface area contributed by atoms with Crippen LogP contribution >= 0.6 is 39.5 Å². The molecule has 1 aliphatic rings. The molecule has 0 saturated heterocycles. The molecule has 0 radical (unpaired) electrons. The highest BCUT2D eigenvalue weighted by Crippen LogP contribution is 2.36. The van der Waals surface area contributed by atoms with Crippen molar-refractivity contribution in [3.05, 3.63) is 42.1 Å². The van der Waals surface area contributed by atoms with Crippen molar-refractivity contribution in [2.45, 2.75) is 26.3 Å². The van der Waals surface area contributed by atoms with E-state index in [1.165, 1.54) is 4.57 Å². The molecule has 136 valence electrons. The quantitative estimate of drug-likeness (QED) is 0.677. The molecule has 1 aromatic heterocycles. The van der Waals surface area contributed by atoms with Crippen LogP contribution in [0.3, 0.4) is 0 Å². The summed E-state index contributed by atoms with van der Waals surface area (Å²) in [5.41, 5.74) is 0.238. The lowest BCUT2D eigenvalue weighted by atomic mass is 10.0. The third-order valence-corrected chi connectivity index (χ3v) is 5.90. The summed E-state index contributed by atoms with van der Waals surface area (Å²) in [6.07, 6.45) is 0.309. The van der Waals surface area contributed by atoms with Gasteiger partial charge in [-0.25, -0.2) is 9.79 Å². The van der Waals surface area contributed by atoms with Gasteiger partial charge in [-0.1, -0.05) is 29.8 Å². The number of carbonyl (C=O) groups excluding carboxylic acids is 1. The summed E-state index contributed by atoms with van der Waals surface area (Å²) in [6.45, 7) is 3.79. The van der Waals surface area contributed by atoms with E-state index in [0.29, 0.717) is 17.0 Å². The Hall–Kier alpha value is -1.84. The molecule has 2 N–H and O–H groups in total.